The van der Waals surface area contributed by atoms with Crippen LogP contribution in [0, 0.1) is 0 Å². The van der Waals surface area contributed by atoms with Crippen molar-refractivity contribution in [1.29, 1.82) is 0 Å². The van der Waals surface area contributed by atoms with E-state index in [1.807, 2.05) is 0 Å². The molecule has 1 atom stereocenters. The molecule has 0 aromatic heterocycles. The summed E-state index contributed by atoms with van der Waals surface area (Å²) in [4.78, 5) is 0. The summed E-state index contributed by atoms with van der Waals surface area (Å²) < 4.78 is 60.2. The van der Waals surface area contributed by atoms with Gasteiger partial charge >= 0.3 is 16.3 Å². The van der Waals surface area contributed by atoms with Gasteiger partial charge in [-0.15, -0.1) is 0 Å². The molecule has 4 nitrogen and oxygen atoms in total. The van der Waals surface area contributed by atoms with Crippen molar-refractivity contribution in [3.8, 4) is 0 Å². The number of alkyl halides is 3. The first kappa shape index (κ1) is 9.66. The Bertz CT molecular complexity index is 203. The molecule has 10 heavy (non-hydrogen) atoms. The van der Waals surface area contributed by atoms with Crippen molar-refractivity contribution in [2.45, 2.75) is 11.6 Å². The van der Waals surface area contributed by atoms with E-state index in [1.165, 1.54) is 0 Å². The van der Waals surface area contributed by atoms with Gasteiger partial charge in [0.05, 0.1) is 0 Å². The lowest BCUT2D eigenvalue weighted by Gasteiger charge is -2.09. The molecule has 0 rings (SSSR count). The molecule has 0 saturated heterocycles. The van der Waals surface area contributed by atoms with Gasteiger partial charge in [0.2, 0.25) is 0 Å². The second-order valence-corrected chi connectivity index (χ2v) is 2.89. The molecule has 0 aliphatic rings. The minimum Gasteiger partial charge on any atom is -0.368 e. The van der Waals surface area contributed by atoms with Crippen LogP contribution in [-0.2, 0) is 10.1 Å². The molecule has 0 bridgehead atoms. The monoisotopic (exact) mass is 180 g/mol. The van der Waals surface area contributed by atoms with E-state index in [-0.39, 0.29) is 0 Å². The maximum Gasteiger partial charge on any atom is 0.431 e. The van der Waals surface area contributed by atoms with E-state index in [1.54, 1.807) is 0 Å². The molecule has 0 aromatic rings. The van der Waals surface area contributed by atoms with Gasteiger partial charge in [-0.2, -0.15) is 21.6 Å². The number of hydrogen-bond acceptors (Lipinski definition) is 3. The Labute approximate surface area is 54.0 Å². The van der Waals surface area contributed by atoms with E-state index >= 15 is 0 Å². The highest BCUT2D eigenvalue weighted by molar-refractivity contribution is 7.86. The summed E-state index contributed by atoms with van der Waals surface area (Å²) in [5.41, 5.74) is -3.71. The number of rotatable bonds is 1. The fraction of sp³-hybridized carbons (Fsp3) is 1.00. The van der Waals surface area contributed by atoms with Crippen molar-refractivity contribution in [2.75, 3.05) is 0 Å². The normalized spacial score (nSPS) is 16.9. The van der Waals surface area contributed by atoms with Crippen LogP contribution in [0.25, 0.3) is 0 Å². The standard InChI is InChI=1S/C2H3F3O4S/c3-2(4,5)1(6)10(7,8)9/h1,6H,(H,7,8,9). The lowest BCUT2D eigenvalue weighted by Crippen LogP contribution is -2.35. The summed E-state index contributed by atoms with van der Waals surface area (Å²) in [5.74, 6) is 0. The zero-order valence-electron chi connectivity index (χ0n) is 4.33. The molecule has 0 saturated carbocycles. The van der Waals surface area contributed by atoms with Crippen LogP contribution in [-0.4, -0.2) is 29.7 Å². The summed E-state index contributed by atoms with van der Waals surface area (Å²) in [6.45, 7) is 0. The quantitative estimate of drug-likeness (QED) is 0.546. The van der Waals surface area contributed by atoms with Crippen LogP contribution >= 0.6 is 0 Å². The van der Waals surface area contributed by atoms with Crippen LogP contribution in [0.5, 0.6) is 0 Å². The highest BCUT2D eigenvalue weighted by atomic mass is 32.2. The Morgan fingerprint density at radius 2 is 1.60 bits per heavy atom. The molecule has 8 heteroatoms. The van der Waals surface area contributed by atoms with Gasteiger partial charge in [-0.1, -0.05) is 0 Å². The van der Waals surface area contributed by atoms with Gasteiger partial charge in [0, 0.05) is 0 Å². The topological polar surface area (TPSA) is 74.6 Å². The largest absolute Gasteiger partial charge is 0.431 e. The molecule has 1 unspecified atom stereocenters. The molecule has 2 N–H and O–H groups in total. The van der Waals surface area contributed by atoms with Crippen LogP contribution in [0.4, 0.5) is 13.2 Å². The molecule has 62 valence electrons. The molecule has 0 fully saturated rings. The fourth-order valence-electron chi connectivity index (χ4n) is 0.169. The second kappa shape index (κ2) is 2.36. The Balaban J connectivity index is 4.56. The van der Waals surface area contributed by atoms with E-state index in [0.717, 1.165) is 0 Å². The molecule has 0 spiro atoms. The Hall–Kier alpha value is -0.340. The Morgan fingerprint density at radius 3 is 1.60 bits per heavy atom. The van der Waals surface area contributed by atoms with Crippen LogP contribution in [0.2, 0.25) is 0 Å². The first-order valence-corrected chi connectivity index (χ1v) is 3.37. The summed E-state index contributed by atoms with van der Waals surface area (Å²) in [6, 6.07) is 0. The minimum atomic E-state index is -5.43. The van der Waals surface area contributed by atoms with Gasteiger partial charge in [-0.25, -0.2) is 0 Å². The number of aliphatic hydroxyl groups excluding tert-OH is 1. The van der Waals surface area contributed by atoms with Crippen molar-refractivity contribution in [2.24, 2.45) is 0 Å². The molecule has 0 amide bonds. The van der Waals surface area contributed by atoms with E-state index < -0.39 is 21.7 Å². The number of halogens is 3. The number of aliphatic hydroxyl groups is 1. The lowest BCUT2D eigenvalue weighted by molar-refractivity contribution is -0.177. The predicted octanol–water partition coefficient (Wildman–Crippen LogP) is -0.245. The van der Waals surface area contributed by atoms with Gasteiger partial charge in [-0.05, 0) is 0 Å². The lowest BCUT2D eigenvalue weighted by atomic mass is 10.7. The van der Waals surface area contributed by atoms with E-state index in [0.29, 0.717) is 0 Å². The first-order chi connectivity index (χ1) is 4.15. The average molecular weight is 180 g/mol. The summed E-state index contributed by atoms with van der Waals surface area (Å²) >= 11 is 0. The van der Waals surface area contributed by atoms with Crippen LogP contribution in [0.1, 0.15) is 0 Å². The fourth-order valence-corrected chi connectivity index (χ4v) is 0.507. The molecule has 0 aliphatic heterocycles. The second-order valence-electron chi connectivity index (χ2n) is 1.41. The average Bonchev–Trinajstić information content (AvgIpc) is 1.59. The number of hydrogen-bond donors (Lipinski definition) is 2. The van der Waals surface area contributed by atoms with Crippen molar-refractivity contribution >= 4 is 10.1 Å². The smallest absolute Gasteiger partial charge is 0.368 e. The van der Waals surface area contributed by atoms with Crippen molar-refractivity contribution in [1.82, 2.24) is 0 Å². The SMILES string of the molecule is O=S(=O)(O)C(O)C(F)(F)F. The third kappa shape index (κ3) is 2.50. The maximum atomic E-state index is 11.2. The van der Waals surface area contributed by atoms with E-state index in [9.17, 15) is 21.6 Å². The summed E-state index contributed by atoms with van der Waals surface area (Å²) in [5, 5.41) is 7.76. The third-order valence-electron chi connectivity index (χ3n) is 0.562. The van der Waals surface area contributed by atoms with Crippen molar-refractivity contribution in [3.63, 3.8) is 0 Å². The van der Waals surface area contributed by atoms with Crippen LogP contribution in [0.3, 0.4) is 0 Å². The molecular formula is C2H3F3O4S. The summed E-state index contributed by atoms with van der Waals surface area (Å²) in [6.07, 6.45) is -5.34. The molecule has 0 aromatic carbocycles. The minimum absolute atomic E-state index is 3.71. The summed E-state index contributed by atoms with van der Waals surface area (Å²) in [7, 11) is -5.43. The van der Waals surface area contributed by atoms with E-state index in [4.69, 9.17) is 9.66 Å². The maximum absolute atomic E-state index is 11.2. The van der Waals surface area contributed by atoms with Gasteiger partial charge < -0.3 is 5.11 Å². The molecule has 0 heterocycles. The van der Waals surface area contributed by atoms with Gasteiger partial charge in [-0.3, -0.25) is 4.55 Å². The van der Waals surface area contributed by atoms with E-state index in [2.05, 4.69) is 0 Å². The third-order valence-corrected chi connectivity index (χ3v) is 1.39. The van der Waals surface area contributed by atoms with Crippen LogP contribution in [0.15, 0.2) is 0 Å². The van der Waals surface area contributed by atoms with Crippen molar-refractivity contribution < 1.29 is 31.2 Å². The zero-order chi connectivity index (χ0) is 8.58. The van der Waals surface area contributed by atoms with Crippen LogP contribution < -0.4 is 0 Å². The Morgan fingerprint density at radius 1 is 1.30 bits per heavy atom. The molecular weight excluding hydrogens is 177 g/mol. The molecule has 0 radical (unpaired) electrons. The Kier molecular flexibility index (Phi) is 2.28. The van der Waals surface area contributed by atoms with Gasteiger partial charge in [0.1, 0.15) is 0 Å². The van der Waals surface area contributed by atoms with Gasteiger partial charge in [0.15, 0.2) is 0 Å². The highest BCUT2D eigenvalue weighted by Crippen LogP contribution is 2.22. The van der Waals surface area contributed by atoms with Crippen molar-refractivity contribution in [3.05, 3.63) is 0 Å². The van der Waals surface area contributed by atoms with Gasteiger partial charge in [0.25, 0.3) is 5.44 Å². The molecule has 0 aliphatic carbocycles. The highest BCUT2D eigenvalue weighted by Gasteiger charge is 2.46. The zero-order valence-corrected chi connectivity index (χ0v) is 5.15. The first-order valence-electron chi connectivity index (χ1n) is 1.87. The predicted molar refractivity (Wildman–Crippen MR) is 23.6 cm³/mol.